The Balaban J connectivity index is 1.69. The van der Waals surface area contributed by atoms with Gasteiger partial charge in [0.15, 0.2) is 0 Å². The first-order valence-corrected chi connectivity index (χ1v) is 11.0. The molecule has 1 aromatic heterocycles. The van der Waals surface area contributed by atoms with Crippen LogP contribution in [0, 0.1) is 5.41 Å². The molecule has 1 aliphatic rings. The fraction of sp³-hybridized carbons (Fsp3) is 0.385. The van der Waals surface area contributed by atoms with E-state index < -0.39 is 11.4 Å². The Labute approximate surface area is 183 Å². The van der Waals surface area contributed by atoms with E-state index in [9.17, 15) is 14.7 Å². The lowest BCUT2D eigenvalue weighted by Crippen LogP contribution is -2.47. The number of carbonyl (C=O) groups excluding carboxylic acids is 1. The van der Waals surface area contributed by atoms with Crippen LogP contribution in [-0.2, 0) is 35.5 Å². The van der Waals surface area contributed by atoms with E-state index in [-0.39, 0.29) is 18.5 Å². The molecule has 4 rings (SSSR count). The lowest BCUT2D eigenvalue weighted by atomic mass is 9.73. The number of hydrogen-bond acceptors (Lipinski definition) is 2. The highest BCUT2D eigenvalue weighted by molar-refractivity contribution is 5.90. The van der Waals surface area contributed by atoms with Crippen LogP contribution in [0.5, 0.6) is 0 Å². The number of aromatic nitrogens is 1. The molecule has 1 aliphatic carbocycles. The molecule has 3 aromatic rings. The molecule has 0 radical (unpaired) electrons. The molecule has 0 aliphatic heterocycles. The highest BCUT2D eigenvalue weighted by Gasteiger charge is 2.42. The Hall–Kier alpha value is -3.08. The topological polar surface area (TPSA) is 62.5 Å². The van der Waals surface area contributed by atoms with Gasteiger partial charge in [0, 0.05) is 29.2 Å². The minimum Gasteiger partial charge on any atom is -0.480 e. The zero-order valence-corrected chi connectivity index (χ0v) is 18.5. The summed E-state index contributed by atoms with van der Waals surface area (Å²) in [4.78, 5) is 27.3. The van der Waals surface area contributed by atoms with E-state index in [1.54, 1.807) is 0 Å². The van der Waals surface area contributed by atoms with Crippen molar-refractivity contribution < 1.29 is 14.7 Å². The summed E-state index contributed by atoms with van der Waals surface area (Å²) < 4.78 is 1.92. The van der Waals surface area contributed by atoms with Gasteiger partial charge in [0.1, 0.15) is 6.54 Å². The predicted octanol–water partition coefficient (Wildman–Crippen LogP) is 4.66. The van der Waals surface area contributed by atoms with Gasteiger partial charge in [0.25, 0.3) is 0 Å². The number of carbonyl (C=O) groups is 2. The number of para-hydroxylation sites is 1. The molecule has 162 valence electrons. The minimum atomic E-state index is -0.846. The second kappa shape index (κ2) is 8.22. The third-order valence-corrected chi connectivity index (χ3v) is 6.56. The molecule has 1 atom stereocenters. The maximum Gasteiger partial charge on any atom is 0.323 e. The van der Waals surface area contributed by atoms with Crippen LogP contribution in [0.15, 0.2) is 54.6 Å². The van der Waals surface area contributed by atoms with Crippen molar-refractivity contribution in [1.82, 2.24) is 9.47 Å². The van der Waals surface area contributed by atoms with Crippen LogP contribution < -0.4 is 0 Å². The van der Waals surface area contributed by atoms with Gasteiger partial charge in [0.05, 0.1) is 5.41 Å². The van der Waals surface area contributed by atoms with Crippen molar-refractivity contribution in [3.8, 4) is 0 Å². The summed E-state index contributed by atoms with van der Waals surface area (Å²) in [5, 5.41) is 10.5. The van der Waals surface area contributed by atoms with Crippen LogP contribution in [0.25, 0.3) is 10.9 Å². The highest BCUT2D eigenvalue weighted by Crippen LogP contribution is 2.42. The molecule has 1 amide bonds. The van der Waals surface area contributed by atoms with Gasteiger partial charge in [-0.3, -0.25) is 9.59 Å². The molecule has 5 heteroatoms. The first-order valence-electron chi connectivity index (χ1n) is 11.0. The van der Waals surface area contributed by atoms with Gasteiger partial charge in [-0.25, -0.2) is 0 Å². The molecule has 0 saturated heterocycles. The fourth-order valence-corrected chi connectivity index (χ4v) is 4.90. The van der Waals surface area contributed by atoms with Crippen LogP contribution in [0.3, 0.4) is 0 Å². The number of benzene rings is 2. The second-order valence-corrected chi connectivity index (χ2v) is 9.17. The lowest BCUT2D eigenvalue weighted by Gasteiger charge is -2.39. The molecule has 1 heterocycles. The molecule has 5 nitrogen and oxygen atoms in total. The van der Waals surface area contributed by atoms with Crippen LogP contribution in [0.4, 0.5) is 0 Å². The zero-order valence-electron chi connectivity index (χ0n) is 18.5. The van der Waals surface area contributed by atoms with E-state index in [0.717, 1.165) is 27.7 Å². The zero-order chi connectivity index (χ0) is 22.2. The number of amides is 1. The van der Waals surface area contributed by atoms with E-state index in [0.29, 0.717) is 25.8 Å². The Morgan fingerprint density at radius 1 is 1.10 bits per heavy atom. The summed E-state index contributed by atoms with van der Waals surface area (Å²) in [6.07, 6.45) is 2.05. The van der Waals surface area contributed by atoms with Crippen LogP contribution in [0.1, 0.15) is 44.0 Å². The van der Waals surface area contributed by atoms with Crippen LogP contribution in [-0.4, -0.2) is 32.5 Å². The van der Waals surface area contributed by atoms with Gasteiger partial charge in [-0.1, -0.05) is 55.5 Å². The molecule has 1 N–H and O–H groups in total. The van der Waals surface area contributed by atoms with Gasteiger partial charge < -0.3 is 14.6 Å². The maximum atomic E-state index is 13.8. The normalized spacial score (nSPS) is 18.2. The molecule has 0 spiro atoms. The van der Waals surface area contributed by atoms with E-state index in [1.165, 1.54) is 0 Å². The SMILES string of the molecule is CC(C)N(Cc1ccccc1)C(=O)C1(C)CCc2c(c3ccccc3n2CC(=O)O)C1. The van der Waals surface area contributed by atoms with E-state index in [1.807, 2.05) is 51.9 Å². The van der Waals surface area contributed by atoms with Crippen molar-refractivity contribution >= 4 is 22.8 Å². The fourth-order valence-electron chi connectivity index (χ4n) is 4.90. The van der Waals surface area contributed by atoms with E-state index in [2.05, 4.69) is 32.9 Å². The van der Waals surface area contributed by atoms with Gasteiger partial charge in [-0.05, 0) is 50.3 Å². The summed E-state index contributed by atoms with van der Waals surface area (Å²) >= 11 is 0. The number of rotatable bonds is 6. The Kier molecular flexibility index (Phi) is 5.61. The average molecular weight is 419 g/mol. The molecular weight excluding hydrogens is 388 g/mol. The number of carboxylic acids is 1. The highest BCUT2D eigenvalue weighted by atomic mass is 16.4. The predicted molar refractivity (Wildman–Crippen MR) is 122 cm³/mol. The molecular formula is C26H30N2O3. The number of aliphatic carboxylic acids is 1. The second-order valence-electron chi connectivity index (χ2n) is 9.17. The number of nitrogens with zero attached hydrogens (tertiary/aromatic N) is 2. The Morgan fingerprint density at radius 2 is 1.77 bits per heavy atom. The summed E-state index contributed by atoms with van der Waals surface area (Å²) in [6, 6.07) is 18.2. The van der Waals surface area contributed by atoms with Crippen molar-refractivity contribution in [2.45, 2.75) is 59.2 Å². The minimum absolute atomic E-state index is 0.0490. The average Bonchev–Trinajstić information content (AvgIpc) is 3.04. The third kappa shape index (κ3) is 3.97. The molecule has 0 fully saturated rings. The largest absolute Gasteiger partial charge is 0.480 e. The molecule has 0 bridgehead atoms. The quantitative estimate of drug-likeness (QED) is 0.633. The van der Waals surface area contributed by atoms with Gasteiger partial charge in [0.2, 0.25) is 5.91 Å². The van der Waals surface area contributed by atoms with E-state index >= 15 is 0 Å². The summed E-state index contributed by atoms with van der Waals surface area (Å²) in [6.45, 7) is 6.75. The standard InChI is InChI=1S/C26H30N2O3/c1-18(2)27(16-19-9-5-4-6-10-19)25(31)26(3)14-13-23-21(15-26)20-11-7-8-12-22(20)28(23)17-24(29)30/h4-12,18H,13-17H2,1-3H3,(H,29,30). The van der Waals surface area contributed by atoms with Crippen molar-refractivity contribution in [2.75, 3.05) is 0 Å². The van der Waals surface area contributed by atoms with Crippen molar-refractivity contribution in [1.29, 1.82) is 0 Å². The first-order chi connectivity index (χ1) is 14.8. The van der Waals surface area contributed by atoms with Gasteiger partial charge in [-0.2, -0.15) is 0 Å². The van der Waals surface area contributed by atoms with Crippen LogP contribution >= 0.6 is 0 Å². The van der Waals surface area contributed by atoms with Gasteiger partial charge >= 0.3 is 5.97 Å². The lowest BCUT2D eigenvalue weighted by molar-refractivity contribution is -0.144. The molecule has 0 saturated carbocycles. The number of fused-ring (bicyclic) bond motifs is 3. The molecule has 2 aromatic carbocycles. The number of carboxylic acid groups (broad SMARTS) is 1. The van der Waals surface area contributed by atoms with Crippen molar-refractivity contribution in [3.05, 3.63) is 71.4 Å². The summed E-state index contributed by atoms with van der Waals surface area (Å²) in [5.41, 5.74) is 3.75. The van der Waals surface area contributed by atoms with E-state index in [4.69, 9.17) is 0 Å². The summed E-state index contributed by atoms with van der Waals surface area (Å²) in [5.74, 6) is -0.672. The van der Waals surface area contributed by atoms with Crippen LogP contribution in [0.2, 0.25) is 0 Å². The first kappa shape index (κ1) is 21.2. The smallest absolute Gasteiger partial charge is 0.323 e. The monoisotopic (exact) mass is 418 g/mol. The molecule has 31 heavy (non-hydrogen) atoms. The molecule has 1 unspecified atom stereocenters. The van der Waals surface area contributed by atoms with Crippen molar-refractivity contribution in [2.24, 2.45) is 5.41 Å². The summed E-state index contributed by atoms with van der Waals surface area (Å²) in [7, 11) is 0. The van der Waals surface area contributed by atoms with Gasteiger partial charge in [-0.15, -0.1) is 0 Å². The Bertz CT molecular complexity index is 1120. The van der Waals surface area contributed by atoms with Crippen molar-refractivity contribution in [3.63, 3.8) is 0 Å². The number of hydrogen-bond donors (Lipinski definition) is 1. The maximum absolute atomic E-state index is 13.8. The Morgan fingerprint density at radius 3 is 2.45 bits per heavy atom. The third-order valence-electron chi connectivity index (χ3n) is 6.56.